The number of nitrogens with zero attached hydrogens (tertiary/aromatic N) is 3. The monoisotopic (exact) mass is 382 g/mol. The molecule has 0 saturated carbocycles. The van der Waals surface area contributed by atoms with Gasteiger partial charge in [0, 0.05) is 29.1 Å². The Balaban J connectivity index is 1.80. The fourth-order valence-electron chi connectivity index (χ4n) is 2.65. The molecule has 6 heteroatoms. The van der Waals surface area contributed by atoms with E-state index in [1.807, 2.05) is 48.5 Å². The second kappa shape index (κ2) is 7.92. The van der Waals surface area contributed by atoms with Gasteiger partial charge in [-0.1, -0.05) is 56.6 Å². The molecular weight excluding hydrogens is 360 g/mol. The lowest BCUT2D eigenvalue weighted by atomic mass is 9.92. The van der Waals surface area contributed by atoms with Gasteiger partial charge in [-0.15, -0.1) is 0 Å². The van der Waals surface area contributed by atoms with Gasteiger partial charge in [0.25, 0.3) is 0 Å². The molecule has 0 saturated heterocycles. The molecule has 0 atom stereocenters. The van der Waals surface area contributed by atoms with Crippen molar-refractivity contribution in [2.24, 2.45) is 0 Å². The molecule has 140 valence electrons. The van der Waals surface area contributed by atoms with Gasteiger partial charge >= 0.3 is 0 Å². The molecule has 0 bridgehead atoms. The van der Waals surface area contributed by atoms with Crippen LogP contribution in [0.15, 0.2) is 54.7 Å². The number of pyridine rings is 1. The fraction of sp³-hybridized carbons (Fsp3) is 0.286. The lowest BCUT2D eigenvalue weighted by molar-refractivity contribution is -0.116. The predicted molar refractivity (Wildman–Crippen MR) is 108 cm³/mol. The molecule has 2 aromatic heterocycles. The van der Waals surface area contributed by atoms with Crippen LogP contribution in [0.2, 0.25) is 5.02 Å². The van der Waals surface area contributed by atoms with Gasteiger partial charge in [0.15, 0.2) is 5.82 Å². The predicted octanol–water partition coefficient (Wildman–Crippen LogP) is 4.79. The summed E-state index contributed by atoms with van der Waals surface area (Å²) in [5.74, 6) is 1.18. The molecule has 5 nitrogen and oxygen atoms in total. The molecule has 2 heterocycles. The molecule has 3 rings (SSSR count). The third kappa shape index (κ3) is 4.74. The Morgan fingerprint density at radius 3 is 2.56 bits per heavy atom. The number of aromatic nitrogens is 3. The lowest BCUT2D eigenvalue weighted by Gasteiger charge is -2.13. The van der Waals surface area contributed by atoms with E-state index < -0.39 is 0 Å². The topological polar surface area (TPSA) is 59.8 Å². The number of amides is 1. The van der Waals surface area contributed by atoms with Crippen LogP contribution in [0.25, 0.3) is 5.82 Å². The highest BCUT2D eigenvalue weighted by molar-refractivity contribution is 6.31. The van der Waals surface area contributed by atoms with Crippen molar-refractivity contribution in [1.82, 2.24) is 14.8 Å². The largest absolute Gasteiger partial charge is 0.311 e. The average molecular weight is 383 g/mol. The quantitative estimate of drug-likeness (QED) is 0.690. The molecule has 27 heavy (non-hydrogen) atoms. The lowest BCUT2D eigenvalue weighted by Crippen LogP contribution is -2.16. The SMILES string of the molecule is CC(C)(C)c1cc(NC(=O)CCc2ccccc2Cl)n(-c2ccccn2)n1. The molecule has 1 aromatic carbocycles. The molecule has 0 radical (unpaired) electrons. The zero-order valence-electron chi connectivity index (χ0n) is 15.7. The first-order chi connectivity index (χ1) is 12.8. The minimum absolute atomic E-state index is 0.0903. The van der Waals surface area contributed by atoms with Crippen LogP contribution in [0.3, 0.4) is 0 Å². The second-order valence-electron chi connectivity index (χ2n) is 7.40. The number of carbonyl (C=O) groups excluding carboxylic acids is 1. The standard InChI is InChI=1S/C21H23ClN4O/c1-21(2,3)17-14-19(26(25-17)18-10-6-7-13-23-18)24-20(27)12-11-15-8-4-5-9-16(15)22/h4-10,13-14H,11-12H2,1-3H3,(H,24,27). The van der Waals surface area contributed by atoms with E-state index in [1.54, 1.807) is 10.9 Å². The van der Waals surface area contributed by atoms with E-state index >= 15 is 0 Å². The average Bonchev–Trinajstić information content (AvgIpc) is 3.06. The molecule has 3 aromatic rings. The summed E-state index contributed by atoms with van der Waals surface area (Å²) in [5, 5.41) is 8.30. The zero-order chi connectivity index (χ0) is 19.4. The van der Waals surface area contributed by atoms with Crippen LogP contribution in [-0.4, -0.2) is 20.7 Å². The highest BCUT2D eigenvalue weighted by atomic mass is 35.5. The van der Waals surface area contributed by atoms with E-state index in [0.717, 1.165) is 11.3 Å². The zero-order valence-corrected chi connectivity index (χ0v) is 16.5. The van der Waals surface area contributed by atoms with Gasteiger partial charge in [-0.3, -0.25) is 4.79 Å². The molecule has 0 unspecified atom stereocenters. The molecule has 1 N–H and O–H groups in total. The number of hydrogen-bond donors (Lipinski definition) is 1. The molecule has 1 amide bonds. The third-order valence-electron chi connectivity index (χ3n) is 4.19. The summed E-state index contributed by atoms with van der Waals surface area (Å²) in [7, 11) is 0. The number of nitrogens with one attached hydrogen (secondary N) is 1. The van der Waals surface area contributed by atoms with Crippen molar-refractivity contribution in [2.45, 2.75) is 39.0 Å². The Labute approximate surface area is 164 Å². The van der Waals surface area contributed by atoms with Crippen molar-refractivity contribution in [2.75, 3.05) is 5.32 Å². The minimum Gasteiger partial charge on any atom is -0.311 e. The number of rotatable bonds is 5. The van der Waals surface area contributed by atoms with Gasteiger partial charge in [-0.05, 0) is 30.2 Å². The van der Waals surface area contributed by atoms with Gasteiger partial charge in [-0.2, -0.15) is 9.78 Å². The first-order valence-electron chi connectivity index (χ1n) is 8.90. The summed E-state index contributed by atoms with van der Waals surface area (Å²) in [6.07, 6.45) is 2.62. The summed E-state index contributed by atoms with van der Waals surface area (Å²) in [6.45, 7) is 6.25. The van der Waals surface area contributed by atoms with Crippen LogP contribution in [0.1, 0.15) is 38.4 Å². The first kappa shape index (κ1) is 19.1. The first-order valence-corrected chi connectivity index (χ1v) is 9.27. The number of halogens is 1. The highest BCUT2D eigenvalue weighted by Crippen LogP contribution is 2.26. The Bertz CT molecular complexity index is 929. The molecule has 0 aliphatic heterocycles. The van der Waals surface area contributed by atoms with Gasteiger partial charge in [-0.25, -0.2) is 4.98 Å². The number of benzene rings is 1. The maximum Gasteiger partial charge on any atom is 0.225 e. The van der Waals surface area contributed by atoms with Crippen LogP contribution < -0.4 is 5.32 Å². The van der Waals surface area contributed by atoms with Crippen LogP contribution in [0, 0.1) is 0 Å². The molecule has 0 aliphatic carbocycles. The number of carbonyl (C=O) groups is 1. The highest BCUT2D eigenvalue weighted by Gasteiger charge is 2.21. The van der Waals surface area contributed by atoms with Crippen molar-refractivity contribution >= 4 is 23.3 Å². The Morgan fingerprint density at radius 1 is 1.15 bits per heavy atom. The van der Waals surface area contributed by atoms with Crippen LogP contribution in [0.4, 0.5) is 5.82 Å². The molecule has 0 aliphatic rings. The van der Waals surface area contributed by atoms with Crippen LogP contribution >= 0.6 is 11.6 Å². The van der Waals surface area contributed by atoms with E-state index in [2.05, 4.69) is 36.2 Å². The van der Waals surface area contributed by atoms with Gasteiger partial charge < -0.3 is 5.32 Å². The maximum atomic E-state index is 12.5. The molecular formula is C21H23ClN4O. The number of anilines is 1. The third-order valence-corrected chi connectivity index (χ3v) is 4.56. The van der Waals surface area contributed by atoms with Crippen molar-refractivity contribution in [1.29, 1.82) is 0 Å². The van der Waals surface area contributed by atoms with Gasteiger partial charge in [0.1, 0.15) is 5.82 Å². The van der Waals surface area contributed by atoms with Crippen molar-refractivity contribution in [3.05, 3.63) is 71.0 Å². The summed E-state index contributed by atoms with van der Waals surface area (Å²) in [4.78, 5) is 16.9. The van der Waals surface area contributed by atoms with Crippen molar-refractivity contribution in [3.8, 4) is 5.82 Å². The minimum atomic E-state index is -0.142. The normalized spacial score (nSPS) is 11.4. The summed E-state index contributed by atoms with van der Waals surface area (Å²) >= 11 is 6.17. The summed E-state index contributed by atoms with van der Waals surface area (Å²) in [5.41, 5.74) is 1.70. The van der Waals surface area contributed by atoms with E-state index in [1.165, 1.54) is 0 Å². The fourth-order valence-corrected chi connectivity index (χ4v) is 2.88. The number of hydrogen-bond acceptors (Lipinski definition) is 3. The van der Waals surface area contributed by atoms with Gasteiger partial charge in [0.2, 0.25) is 5.91 Å². The summed E-state index contributed by atoms with van der Waals surface area (Å²) in [6, 6.07) is 15.1. The Morgan fingerprint density at radius 2 is 1.89 bits per heavy atom. The van der Waals surface area contributed by atoms with E-state index in [-0.39, 0.29) is 11.3 Å². The van der Waals surface area contributed by atoms with E-state index in [9.17, 15) is 4.79 Å². The Kier molecular flexibility index (Phi) is 5.61. The van der Waals surface area contributed by atoms with Crippen LogP contribution in [0.5, 0.6) is 0 Å². The van der Waals surface area contributed by atoms with E-state index in [0.29, 0.717) is 29.5 Å². The van der Waals surface area contributed by atoms with Crippen molar-refractivity contribution in [3.63, 3.8) is 0 Å². The van der Waals surface area contributed by atoms with Crippen LogP contribution in [-0.2, 0) is 16.6 Å². The van der Waals surface area contributed by atoms with E-state index in [4.69, 9.17) is 11.6 Å². The second-order valence-corrected chi connectivity index (χ2v) is 7.81. The van der Waals surface area contributed by atoms with Gasteiger partial charge in [0.05, 0.1) is 5.69 Å². The smallest absolute Gasteiger partial charge is 0.225 e. The molecule has 0 fully saturated rings. The number of aryl methyl sites for hydroxylation is 1. The summed E-state index contributed by atoms with van der Waals surface area (Å²) < 4.78 is 1.67. The maximum absolute atomic E-state index is 12.5. The molecule has 0 spiro atoms. The Hall–Kier alpha value is -2.66. The van der Waals surface area contributed by atoms with Crippen molar-refractivity contribution < 1.29 is 4.79 Å².